The lowest BCUT2D eigenvalue weighted by atomic mass is 9.81. The van der Waals surface area contributed by atoms with E-state index >= 15 is 0 Å². The third-order valence-corrected chi connectivity index (χ3v) is 12.4. The van der Waals surface area contributed by atoms with Gasteiger partial charge in [0.25, 0.3) is 0 Å². The first-order valence-corrected chi connectivity index (χ1v) is 14.3. The van der Waals surface area contributed by atoms with Gasteiger partial charge in [-0.15, -0.1) is 0 Å². The van der Waals surface area contributed by atoms with E-state index in [0.717, 1.165) is 16.9 Å². The summed E-state index contributed by atoms with van der Waals surface area (Å²) in [5.74, 6) is 1.03. The van der Waals surface area contributed by atoms with E-state index in [1.165, 1.54) is 5.56 Å². The molecule has 4 nitrogen and oxygen atoms in total. The SMILES string of the molecule is C=C(COCc1ccc(OC)cc1)CC1C(=O)N([Si](C)(C)C(C)(C)C)[C@H]1c1ccccc1. The van der Waals surface area contributed by atoms with Gasteiger partial charge in [-0.1, -0.05) is 88.5 Å². The van der Waals surface area contributed by atoms with Gasteiger partial charge >= 0.3 is 0 Å². The molecule has 1 aliphatic heterocycles. The first kappa shape index (κ1) is 24.3. The van der Waals surface area contributed by atoms with Crippen LogP contribution < -0.4 is 4.74 Å². The molecule has 3 rings (SSSR count). The molecule has 0 aliphatic carbocycles. The Hall–Kier alpha value is -2.37. The molecule has 0 N–H and O–H groups in total. The molecule has 1 heterocycles. The van der Waals surface area contributed by atoms with Crippen molar-refractivity contribution in [2.75, 3.05) is 13.7 Å². The molecule has 0 radical (unpaired) electrons. The monoisotopic (exact) mass is 451 g/mol. The van der Waals surface area contributed by atoms with Crippen LogP contribution in [0, 0.1) is 5.92 Å². The number of carbonyl (C=O) groups is 1. The van der Waals surface area contributed by atoms with E-state index in [4.69, 9.17) is 9.47 Å². The van der Waals surface area contributed by atoms with Crippen LogP contribution in [0.15, 0.2) is 66.7 Å². The lowest BCUT2D eigenvalue weighted by Crippen LogP contribution is -2.68. The highest BCUT2D eigenvalue weighted by Gasteiger charge is 2.57. The Labute approximate surface area is 194 Å². The Kier molecular flexibility index (Phi) is 7.31. The molecular weight excluding hydrogens is 414 g/mol. The van der Waals surface area contributed by atoms with E-state index in [0.29, 0.717) is 19.6 Å². The Balaban J connectivity index is 1.66. The van der Waals surface area contributed by atoms with Crippen LogP contribution in [-0.4, -0.2) is 32.4 Å². The number of nitrogens with zero attached hydrogens (tertiary/aromatic N) is 1. The molecule has 1 amide bonds. The third kappa shape index (κ3) is 4.99. The fourth-order valence-electron chi connectivity index (χ4n) is 4.17. The zero-order chi connectivity index (χ0) is 23.5. The van der Waals surface area contributed by atoms with Gasteiger partial charge in [0.1, 0.15) is 5.75 Å². The molecule has 0 aromatic heterocycles. The second-order valence-electron chi connectivity index (χ2n) is 10.3. The molecule has 1 fully saturated rings. The minimum Gasteiger partial charge on any atom is -0.497 e. The highest BCUT2D eigenvalue weighted by molar-refractivity contribution is 6.80. The molecule has 0 saturated carbocycles. The number of carbonyl (C=O) groups excluding carboxylic acids is 1. The molecule has 2 atom stereocenters. The van der Waals surface area contributed by atoms with Gasteiger partial charge in [0.15, 0.2) is 8.24 Å². The van der Waals surface area contributed by atoms with Gasteiger partial charge in [-0.25, -0.2) is 0 Å². The maximum absolute atomic E-state index is 13.4. The topological polar surface area (TPSA) is 38.8 Å². The van der Waals surface area contributed by atoms with Gasteiger partial charge in [-0.3, -0.25) is 4.79 Å². The Morgan fingerprint density at radius 1 is 1.06 bits per heavy atom. The van der Waals surface area contributed by atoms with Gasteiger partial charge in [-0.2, -0.15) is 0 Å². The van der Waals surface area contributed by atoms with Gasteiger partial charge in [-0.05, 0) is 34.7 Å². The lowest BCUT2D eigenvalue weighted by molar-refractivity contribution is -0.148. The smallest absolute Gasteiger partial charge is 0.221 e. The van der Waals surface area contributed by atoms with E-state index in [1.54, 1.807) is 7.11 Å². The predicted molar refractivity (Wildman–Crippen MR) is 133 cm³/mol. The summed E-state index contributed by atoms with van der Waals surface area (Å²) in [6.07, 6.45) is 0.659. The fraction of sp³-hybridized carbons (Fsp3) is 0.444. The highest BCUT2D eigenvalue weighted by atomic mass is 28.3. The Morgan fingerprint density at radius 3 is 2.25 bits per heavy atom. The quantitative estimate of drug-likeness (QED) is 0.253. The van der Waals surface area contributed by atoms with Crippen molar-refractivity contribution in [1.29, 1.82) is 0 Å². The summed E-state index contributed by atoms with van der Waals surface area (Å²) in [4.78, 5) is 13.4. The number of amides is 1. The number of benzene rings is 2. The van der Waals surface area contributed by atoms with Crippen LogP contribution in [0.3, 0.4) is 0 Å². The zero-order valence-electron chi connectivity index (χ0n) is 20.4. The lowest BCUT2D eigenvalue weighted by Gasteiger charge is -2.59. The molecule has 1 aliphatic rings. The summed E-state index contributed by atoms with van der Waals surface area (Å²) >= 11 is 0. The van der Waals surface area contributed by atoms with Gasteiger partial charge in [0.05, 0.1) is 32.3 Å². The molecule has 172 valence electrons. The van der Waals surface area contributed by atoms with Crippen molar-refractivity contribution in [3.63, 3.8) is 0 Å². The van der Waals surface area contributed by atoms with Crippen molar-refractivity contribution in [3.8, 4) is 5.75 Å². The van der Waals surface area contributed by atoms with E-state index in [-0.39, 0.29) is 22.9 Å². The first-order chi connectivity index (χ1) is 15.1. The van der Waals surface area contributed by atoms with E-state index in [9.17, 15) is 4.79 Å². The van der Waals surface area contributed by atoms with Crippen LogP contribution in [0.25, 0.3) is 0 Å². The third-order valence-electron chi connectivity index (χ3n) is 7.04. The van der Waals surface area contributed by atoms with E-state index in [1.807, 2.05) is 30.3 Å². The van der Waals surface area contributed by atoms with Crippen LogP contribution in [0.2, 0.25) is 18.1 Å². The van der Waals surface area contributed by atoms with Crippen molar-refractivity contribution >= 4 is 14.1 Å². The number of β-lactam (4-membered cyclic amide) rings is 1. The van der Waals surface area contributed by atoms with Gasteiger partial charge in [0.2, 0.25) is 5.91 Å². The highest BCUT2D eigenvalue weighted by Crippen LogP contribution is 2.51. The molecule has 2 aromatic rings. The number of ether oxygens (including phenoxy) is 2. The summed E-state index contributed by atoms with van der Waals surface area (Å²) in [5.41, 5.74) is 3.27. The minimum atomic E-state index is -1.99. The number of hydrogen-bond donors (Lipinski definition) is 0. The normalized spacial score (nSPS) is 18.9. The summed E-state index contributed by atoms with van der Waals surface area (Å²) in [6, 6.07) is 18.4. The van der Waals surface area contributed by atoms with Gasteiger partial charge in [0, 0.05) is 0 Å². The Morgan fingerprint density at radius 2 is 1.69 bits per heavy atom. The molecule has 1 unspecified atom stereocenters. The Bertz CT molecular complexity index is 932. The number of hydrogen-bond acceptors (Lipinski definition) is 3. The fourth-order valence-corrected chi connectivity index (χ4v) is 6.63. The zero-order valence-corrected chi connectivity index (χ0v) is 21.4. The molecule has 0 bridgehead atoms. The summed E-state index contributed by atoms with van der Waals surface area (Å²) < 4.78 is 13.3. The van der Waals surface area contributed by atoms with Crippen molar-refractivity contribution in [2.45, 2.75) is 58.0 Å². The van der Waals surface area contributed by atoms with E-state index in [2.05, 4.69) is 69.3 Å². The predicted octanol–water partition coefficient (Wildman–Crippen LogP) is 6.36. The first-order valence-electron chi connectivity index (χ1n) is 11.3. The second-order valence-corrected chi connectivity index (χ2v) is 15.4. The molecule has 2 aromatic carbocycles. The van der Waals surface area contributed by atoms with Crippen molar-refractivity contribution in [2.24, 2.45) is 5.92 Å². The molecule has 32 heavy (non-hydrogen) atoms. The largest absolute Gasteiger partial charge is 0.497 e. The molecule has 0 spiro atoms. The van der Waals surface area contributed by atoms with Crippen LogP contribution in [0.4, 0.5) is 0 Å². The van der Waals surface area contributed by atoms with Gasteiger partial charge < -0.3 is 14.0 Å². The van der Waals surface area contributed by atoms with Crippen molar-refractivity contribution in [1.82, 2.24) is 4.57 Å². The average molecular weight is 452 g/mol. The van der Waals surface area contributed by atoms with Crippen molar-refractivity contribution in [3.05, 3.63) is 77.9 Å². The van der Waals surface area contributed by atoms with Crippen LogP contribution in [0.1, 0.15) is 44.4 Å². The summed E-state index contributed by atoms with van der Waals surface area (Å²) in [7, 11) is -0.329. The average Bonchev–Trinajstić information content (AvgIpc) is 2.75. The maximum Gasteiger partial charge on any atom is 0.221 e. The number of rotatable bonds is 9. The maximum atomic E-state index is 13.4. The number of methoxy groups -OCH3 is 1. The standard InChI is InChI=1S/C27H37NO3Si/c1-20(18-31-19-21-13-15-23(30-5)16-14-21)17-24-25(22-11-9-8-10-12-22)28(26(24)29)32(6,7)27(2,3)4/h8-16,24-25H,1,17-19H2,2-7H3/t24?,25-/m0/s1. The van der Waals surface area contributed by atoms with E-state index < -0.39 is 8.24 Å². The van der Waals surface area contributed by atoms with Crippen LogP contribution >= 0.6 is 0 Å². The minimum absolute atomic E-state index is 0.0661. The molecule has 1 saturated heterocycles. The molecule has 5 heteroatoms. The summed E-state index contributed by atoms with van der Waals surface area (Å²) in [6.45, 7) is 16.6. The second kappa shape index (κ2) is 9.63. The van der Waals surface area contributed by atoms with Crippen LogP contribution in [-0.2, 0) is 16.1 Å². The summed E-state index contributed by atoms with van der Waals surface area (Å²) in [5, 5.41) is 0.0964. The van der Waals surface area contributed by atoms with Crippen molar-refractivity contribution < 1.29 is 14.3 Å². The van der Waals surface area contributed by atoms with Crippen LogP contribution in [0.5, 0.6) is 5.75 Å². The molecular formula is C27H37NO3Si.